The first-order valence-electron chi connectivity index (χ1n) is 9.18. The van der Waals surface area contributed by atoms with Crippen LogP contribution in [0.1, 0.15) is 46.2 Å². The number of aryl methyl sites for hydroxylation is 1. The second kappa shape index (κ2) is 7.19. The number of nitrogens with zero attached hydrogens (tertiary/aromatic N) is 5. The summed E-state index contributed by atoms with van der Waals surface area (Å²) in [5.74, 6) is -1.29. The van der Waals surface area contributed by atoms with Gasteiger partial charge in [0.05, 0.1) is 11.3 Å². The number of alkyl halides is 3. The van der Waals surface area contributed by atoms with Gasteiger partial charge >= 0.3 is 6.18 Å². The first-order chi connectivity index (χ1) is 14.2. The van der Waals surface area contributed by atoms with Gasteiger partial charge in [0, 0.05) is 30.5 Å². The molecule has 4 rings (SSSR count). The fraction of sp³-hybridized carbons (Fsp3) is 0.300. The van der Waals surface area contributed by atoms with E-state index in [-0.39, 0.29) is 22.9 Å². The predicted octanol–water partition coefficient (Wildman–Crippen LogP) is 4.28. The lowest BCUT2D eigenvalue weighted by molar-refractivity contribution is -0.141. The summed E-state index contributed by atoms with van der Waals surface area (Å²) in [6.45, 7) is 1.65. The van der Waals surface area contributed by atoms with Crippen LogP contribution >= 0.6 is 0 Å². The van der Waals surface area contributed by atoms with Crippen LogP contribution in [0, 0.1) is 12.7 Å². The molecule has 2 aromatic heterocycles. The summed E-state index contributed by atoms with van der Waals surface area (Å²) in [6, 6.07) is 4.85. The molecule has 1 amide bonds. The minimum atomic E-state index is -4.62. The van der Waals surface area contributed by atoms with Crippen LogP contribution in [0.4, 0.5) is 23.2 Å². The van der Waals surface area contributed by atoms with Gasteiger partial charge in [-0.3, -0.25) is 4.79 Å². The number of rotatable bonds is 4. The van der Waals surface area contributed by atoms with Crippen molar-refractivity contribution in [2.45, 2.75) is 31.9 Å². The first kappa shape index (κ1) is 20.0. The predicted molar refractivity (Wildman–Crippen MR) is 100 cm³/mol. The maximum absolute atomic E-state index is 14.9. The van der Waals surface area contributed by atoms with Crippen LogP contribution in [0.15, 0.2) is 36.8 Å². The molecule has 0 spiro atoms. The highest BCUT2D eigenvalue weighted by atomic mass is 19.4. The Bertz CT molecular complexity index is 1120. The van der Waals surface area contributed by atoms with Gasteiger partial charge in [-0.2, -0.15) is 18.3 Å². The van der Waals surface area contributed by atoms with Crippen molar-refractivity contribution in [1.82, 2.24) is 19.7 Å². The highest BCUT2D eigenvalue weighted by Gasteiger charge is 2.38. The first-order valence-corrected chi connectivity index (χ1v) is 9.18. The van der Waals surface area contributed by atoms with Crippen LogP contribution in [-0.2, 0) is 6.18 Å². The Morgan fingerprint density at radius 1 is 1.23 bits per heavy atom. The average Bonchev–Trinajstić information content (AvgIpc) is 3.44. The lowest BCUT2D eigenvalue weighted by atomic mass is 10.2. The van der Waals surface area contributed by atoms with E-state index < -0.39 is 23.6 Å². The van der Waals surface area contributed by atoms with Crippen molar-refractivity contribution in [3.8, 4) is 5.69 Å². The van der Waals surface area contributed by atoms with E-state index in [1.807, 2.05) is 0 Å². The van der Waals surface area contributed by atoms with Crippen molar-refractivity contribution in [2.24, 2.45) is 0 Å². The van der Waals surface area contributed by atoms with Gasteiger partial charge in [-0.05, 0) is 44.0 Å². The Morgan fingerprint density at radius 3 is 2.57 bits per heavy atom. The Hall–Kier alpha value is -3.30. The van der Waals surface area contributed by atoms with Crippen LogP contribution in [0.25, 0.3) is 5.69 Å². The van der Waals surface area contributed by atoms with Gasteiger partial charge in [0.1, 0.15) is 12.0 Å². The molecule has 3 aromatic rings. The molecule has 0 radical (unpaired) electrons. The maximum atomic E-state index is 14.9. The van der Waals surface area contributed by atoms with Crippen molar-refractivity contribution in [3.05, 3.63) is 65.3 Å². The number of carbonyl (C=O) groups is 1. The minimum Gasteiger partial charge on any atom is -0.311 e. The topological polar surface area (TPSA) is 63.9 Å². The zero-order valence-corrected chi connectivity index (χ0v) is 16.1. The number of aromatic nitrogens is 4. The van der Waals surface area contributed by atoms with Crippen LogP contribution in [0.2, 0.25) is 0 Å². The van der Waals surface area contributed by atoms with Gasteiger partial charge in [0.15, 0.2) is 11.5 Å². The molecule has 0 atom stereocenters. The summed E-state index contributed by atoms with van der Waals surface area (Å²) in [4.78, 5) is 21.7. The van der Waals surface area contributed by atoms with Gasteiger partial charge in [-0.25, -0.2) is 19.0 Å². The third kappa shape index (κ3) is 3.64. The zero-order valence-electron chi connectivity index (χ0n) is 16.1. The number of hydrogen-bond donors (Lipinski definition) is 0. The molecular formula is C20H17F4N5O. The van der Waals surface area contributed by atoms with Gasteiger partial charge in [0.25, 0.3) is 5.91 Å². The molecule has 6 nitrogen and oxygen atoms in total. The lowest BCUT2D eigenvalue weighted by Gasteiger charge is -2.19. The van der Waals surface area contributed by atoms with E-state index in [0.717, 1.165) is 29.7 Å². The normalized spacial score (nSPS) is 14.1. The molecule has 0 saturated heterocycles. The number of carbonyl (C=O) groups excluding carboxylic acids is 1. The van der Waals surface area contributed by atoms with E-state index in [0.29, 0.717) is 11.4 Å². The quantitative estimate of drug-likeness (QED) is 0.592. The van der Waals surface area contributed by atoms with E-state index in [4.69, 9.17) is 0 Å². The van der Waals surface area contributed by atoms with Crippen LogP contribution in [-0.4, -0.2) is 32.7 Å². The van der Waals surface area contributed by atoms with Crippen LogP contribution in [0.3, 0.4) is 0 Å². The largest absolute Gasteiger partial charge is 0.435 e. The standard InChI is InChI=1S/C20H17F4N5O/c1-11-14(9-25-10-26-11)19(30)28(2)13-5-6-16(15(21)7-13)29-17(12-3-4-12)8-18(27-29)20(22,23)24/h5-10,12H,3-4H2,1-2H3. The van der Waals surface area contributed by atoms with Crippen molar-refractivity contribution in [1.29, 1.82) is 0 Å². The summed E-state index contributed by atoms with van der Waals surface area (Å²) < 4.78 is 55.2. The SMILES string of the molecule is Cc1ncncc1C(=O)N(C)c1ccc(-n2nc(C(F)(F)F)cc2C2CC2)c(F)c1. The molecule has 1 aromatic carbocycles. The highest BCUT2D eigenvalue weighted by Crippen LogP contribution is 2.43. The Labute approximate surface area is 169 Å². The molecule has 0 aliphatic heterocycles. The third-order valence-corrected chi connectivity index (χ3v) is 5.02. The van der Waals surface area contributed by atoms with Gasteiger partial charge in [0.2, 0.25) is 0 Å². The Balaban J connectivity index is 1.68. The molecule has 1 aliphatic carbocycles. The molecule has 1 aliphatic rings. The molecule has 10 heteroatoms. The van der Waals surface area contributed by atoms with E-state index in [1.165, 1.54) is 36.6 Å². The summed E-state index contributed by atoms with van der Waals surface area (Å²) in [7, 11) is 1.47. The number of benzene rings is 1. The van der Waals surface area contributed by atoms with E-state index in [1.54, 1.807) is 6.92 Å². The number of anilines is 1. The van der Waals surface area contributed by atoms with Gasteiger partial charge < -0.3 is 4.90 Å². The summed E-state index contributed by atoms with van der Waals surface area (Å²) in [5.41, 5.74) is 0.152. The average molecular weight is 419 g/mol. The fourth-order valence-electron chi connectivity index (χ4n) is 3.17. The van der Waals surface area contributed by atoms with Gasteiger partial charge in [-0.15, -0.1) is 0 Å². The minimum absolute atomic E-state index is 0.0713. The molecule has 0 N–H and O–H groups in total. The number of halogens is 4. The van der Waals surface area contributed by atoms with Crippen molar-refractivity contribution < 1.29 is 22.4 Å². The van der Waals surface area contributed by atoms with Crippen molar-refractivity contribution in [2.75, 3.05) is 11.9 Å². The highest BCUT2D eigenvalue weighted by molar-refractivity contribution is 6.06. The van der Waals surface area contributed by atoms with E-state index in [9.17, 15) is 22.4 Å². The van der Waals surface area contributed by atoms with Crippen LogP contribution in [0.5, 0.6) is 0 Å². The molecule has 2 heterocycles. The third-order valence-electron chi connectivity index (χ3n) is 5.02. The van der Waals surface area contributed by atoms with E-state index >= 15 is 0 Å². The molecule has 0 bridgehead atoms. The number of hydrogen-bond acceptors (Lipinski definition) is 4. The van der Waals surface area contributed by atoms with E-state index in [2.05, 4.69) is 15.1 Å². The monoisotopic (exact) mass is 419 g/mol. The molecule has 30 heavy (non-hydrogen) atoms. The summed E-state index contributed by atoms with van der Waals surface area (Å²) >= 11 is 0. The zero-order chi connectivity index (χ0) is 21.6. The second-order valence-corrected chi connectivity index (χ2v) is 7.16. The lowest BCUT2D eigenvalue weighted by Crippen LogP contribution is -2.27. The number of amides is 1. The smallest absolute Gasteiger partial charge is 0.311 e. The molecule has 0 unspecified atom stereocenters. The Kier molecular flexibility index (Phi) is 4.79. The molecule has 1 saturated carbocycles. The van der Waals surface area contributed by atoms with Gasteiger partial charge in [-0.1, -0.05) is 0 Å². The molecule has 1 fully saturated rings. The molecule has 156 valence electrons. The second-order valence-electron chi connectivity index (χ2n) is 7.16. The summed E-state index contributed by atoms with van der Waals surface area (Å²) in [5, 5.41) is 3.60. The molecular weight excluding hydrogens is 402 g/mol. The fourth-order valence-corrected chi connectivity index (χ4v) is 3.17. The summed E-state index contributed by atoms with van der Waals surface area (Å²) in [6.07, 6.45) is -0.460. The maximum Gasteiger partial charge on any atom is 0.435 e. The Morgan fingerprint density at radius 2 is 1.97 bits per heavy atom. The van der Waals surface area contributed by atoms with Crippen molar-refractivity contribution >= 4 is 11.6 Å². The van der Waals surface area contributed by atoms with Crippen LogP contribution < -0.4 is 4.90 Å². The van der Waals surface area contributed by atoms with Crippen molar-refractivity contribution in [3.63, 3.8) is 0 Å².